The number of amides is 1. The molecule has 4 rings (SSSR count). The van der Waals surface area contributed by atoms with Crippen molar-refractivity contribution in [1.29, 1.82) is 0 Å². The largest absolute Gasteiger partial charge is 0.465 e. The molecule has 0 fully saturated rings. The van der Waals surface area contributed by atoms with Crippen LogP contribution in [0.3, 0.4) is 0 Å². The highest BCUT2D eigenvalue weighted by Crippen LogP contribution is 2.25. The van der Waals surface area contributed by atoms with Crippen LogP contribution in [0, 0.1) is 0 Å². The third-order valence-corrected chi connectivity index (χ3v) is 5.46. The summed E-state index contributed by atoms with van der Waals surface area (Å²) < 4.78 is 4.88. The second kappa shape index (κ2) is 9.49. The normalized spacial score (nSPS) is 11.8. The topological polar surface area (TPSA) is 91.4 Å². The van der Waals surface area contributed by atoms with Crippen molar-refractivity contribution in [2.75, 3.05) is 13.7 Å². The Kier molecular flexibility index (Phi) is 6.33. The number of carbonyl (C=O) groups is 2. The number of rotatable bonds is 7. The lowest BCUT2D eigenvalue weighted by Gasteiger charge is -2.17. The fourth-order valence-corrected chi connectivity index (χ4v) is 3.85. The second-order valence-electron chi connectivity index (χ2n) is 7.53. The number of aromatic amines is 1. The van der Waals surface area contributed by atoms with E-state index in [9.17, 15) is 14.7 Å². The van der Waals surface area contributed by atoms with Gasteiger partial charge in [-0.1, -0.05) is 48.5 Å². The number of hydrogen-bond acceptors (Lipinski definition) is 4. The van der Waals surface area contributed by atoms with Gasteiger partial charge < -0.3 is 20.1 Å². The number of fused-ring (bicyclic) bond motifs is 1. The van der Waals surface area contributed by atoms with E-state index in [1.54, 1.807) is 30.3 Å². The SMILES string of the molecule is COC(=O)c1ccccc1-c1cccc(C(=O)NC(CO)Cc2c[nH]c3ccccc23)c1. The number of H-pyrrole nitrogens is 1. The van der Waals surface area contributed by atoms with E-state index < -0.39 is 12.0 Å². The Morgan fingerprint density at radius 1 is 1.03 bits per heavy atom. The molecule has 32 heavy (non-hydrogen) atoms. The molecule has 1 amide bonds. The van der Waals surface area contributed by atoms with E-state index in [0.717, 1.165) is 22.0 Å². The van der Waals surface area contributed by atoms with Crippen LogP contribution < -0.4 is 5.32 Å². The Hall–Kier alpha value is -3.90. The summed E-state index contributed by atoms with van der Waals surface area (Å²) in [5.74, 6) is -0.726. The van der Waals surface area contributed by atoms with Crippen LogP contribution in [0.4, 0.5) is 0 Å². The van der Waals surface area contributed by atoms with Crippen molar-refractivity contribution in [3.63, 3.8) is 0 Å². The minimum absolute atomic E-state index is 0.184. The number of aromatic nitrogens is 1. The molecule has 0 radical (unpaired) electrons. The van der Waals surface area contributed by atoms with E-state index in [2.05, 4.69) is 10.3 Å². The van der Waals surface area contributed by atoms with Gasteiger partial charge in [-0.15, -0.1) is 0 Å². The number of methoxy groups -OCH3 is 1. The lowest BCUT2D eigenvalue weighted by atomic mass is 9.97. The summed E-state index contributed by atoms with van der Waals surface area (Å²) in [7, 11) is 1.34. The highest BCUT2D eigenvalue weighted by atomic mass is 16.5. The van der Waals surface area contributed by atoms with Gasteiger partial charge in [-0.2, -0.15) is 0 Å². The molecule has 0 aliphatic rings. The van der Waals surface area contributed by atoms with Gasteiger partial charge in [0.15, 0.2) is 0 Å². The van der Waals surface area contributed by atoms with Crippen molar-refractivity contribution in [3.8, 4) is 11.1 Å². The monoisotopic (exact) mass is 428 g/mol. The van der Waals surface area contributed by atoms with Crippen LogP contribution in [-0.4, -0.2) is 41.7 Å². The predicted octanol–water partition coefficient (Wildman–Crippen LogP) is 3.95. The fraction of sp³-hybridized carbons (Fsp3) is 0.154. The molecule has 1 unspecified atom stereocenters. The van der Waals surface area contributed by atoms with E-state index in [-0.39, 0.29) is 12.5 Å². The Balaban J connectivity index is 1.54. The maximum Gasteiger partial charge on any atom is 0.338 e. The molecule has 6 nitrogen and oxygen atoms in total. The summed E-state index contributed by atoms with van der Waals surface area (Å²) in [6.45, 7) is -0.184. The van der Waals surface area contributed by atoms with Crippen molar-refractivity contribution in [1.82, 2.24) is 10.3 Å². The van der Waals surface area contributed by atoms with E-state index >= 15 is 0 Å². The highest BCUT2D eigenvalue weighted by molar-refractivity contribution is 5.99. The van der Waals surface area contributed by atoms with Crippen LogP contribution >= 0.6 is 0 Å². The molecular weight excluding hydrogens is 404 g/mol. The number of esters is 1. The van der Waals surface area contributed by atoms with Crippen LogP contribution in [0.25, 0.3) is 22.0 Å². The third-order valence-electron chi connectivity index (χ3n) is 5.46. The van der Waals surface area contributed by atoms with Crippen LogP contribution in [0.2, 0.25) is 0 Å². The molecule has 6 heteroatoms. The summed E-state index contributed by atoms with van der Waals surface area (Å²) in [5.41, 5.74) is 4.34. The number of benzene rings is 3. The first-order chi connectivity index (χ1) is 15.6. The van der Waals surface area contributed by atoms with Crippen molar-refractivity contribution >= 4 is 22.8 Å². The Morgan fingerprint density at radius 3 is 2.62 bits per heavy atom. The summed E-state index contributed by atoms with van der Waals surface area (Å²) in [6, 6.07) is 21.6. The Morgan fingerprint density at radius 2 is 1.81 bits per heavy atom. The van der Waals surface area contributed by atoms with E-state index in [1.165, 1.54) is 7.11 Å². The van der Waals surface area contributed by atoms with Crippen molar-refractivity contribution < 1.29 is 19.4 Å². The van der Waals surface area contributed by atoms with Gasteiger partial charge in [-0.25, -0.2) is 4.79 Å². The summed E-state index contributed by atoms with van der Waals surface area (Å²) in [5, 5.41) is 13.9. The molecule has 0 saturated heterocycles. The molecule has 0 aliphatic carbocycles. The van der Waals surface area contributed by atoms with Crippen molar-refractivity contribution in [2.45, 2.75) is 12.5 Å². The number of aliphatic hydroxyl groups is 1. The number of ether oxygens (including phenoxy) is 1. The number of para-hydroxylation sites is 1. The molecule has 0 saturated carbocycles. The summed E-state index contributed by atoms with van der Waals surface area (Å²) in [6.07, 6.45) is 2.40. The van der Waals surface area contributed by atoms with Gasteiger partial charge in [-0.05, 0) is 47.4 Å². The molecule has 1 aromatic heterocycles. The first-order valence-corrected chi connectivity index (χ1v) is 10.3. The Labute approximate surface area is 185 Å². The molecule has 162 valence electrons. The lowest BCUT2D eigenvalue weighted by molar-refractivity contribution is 0.0601. The minimum Gasteiger partial charge on any atom is -0.465 e. The van der Waals surface area contributed by atoms with Crippen molar-refractivity contribution in [3.05, 3.63) is 95.7 Å². The van der Waals surface area contributed by atoms with Gasteiger partial charge in [-0.3, -0.25) is 4.79 Å². The highest BCUT2D eigenvalue weighted by Gasteiger charge is 2.17. The molecule has 1 heterocycles. The quantitative estimate of drug-likeness (QED) is 0.389. The van der Waals surface area contributed by atoms with Crippen LogP contribution in [0.1, 0.15) is 26.3 Å². The van der Waals surface area contributed by atoms with E-state index in [1.807, 2.05) is 48.7 Å². The molecule has 3 aromatic carbocycles. The molecular formula is C26H24N2O4. The molecule has 0 spiro atoms. The molecule has 3 N–H and O–H groups in total. The summed E-state index contributed by atoms with van der Waals surface area (Å²) in [4.78, 5) is 28.3. The second-order valence-corrected chi connectivity index (χ2v) is 7.53. The van der Waals surface area contributed by atoms with Crippen LogP contribution in [-0.2, 0) is 11.2 Å². The zero-order valence-corrected chi connectivity index (χ0v) is 17.7. The molecule has 0 aliphatic heterocycles. The number of aliphatic hydroxyl groups excluding tert-OH is 1. The lowest BCUT2D eigenvalue weighted by Crippen LogP contribution is -2.39. The predicted molar refractivity (Wildman–Crippen MR) is 124 cm³/mol. The maximum absolute atomic E-state index is 12.9. The number of nitrogens with one attached hydrogen (secondary N) is 2. The first-order valence-electron chi connectivity index (χ1n) is 10.3. The number of carbonyl (C=O) groups excluding carboxylic acids is 2. The maximum atomic E-state index is 12.9. The zero-order chi connectivity index (χ0) is 22.5. The average molecular weight is 428 g/mol. The fourth-order valence-electron chi connectivity index (χ4n) is 3.85. The number of hydrogen-bond donors (Lipinski definition) is 3. The third kappa shape index (κ3) is 4.40. The van der Waals surface area contributed by atoms with Crippen LogP contribution in [0.5, 0.6) is 0 Å². The van der Waals surface area contributed by atoms with Gasteiger partial charge >= 0.3 is 5.97 Å². The molecule has 4 aromatic rings. The van der Waals surface area contributed by atoms with Crippen molar-refractivity contribution in [2.24, 2.45) is 0 Å². The van der Waals surface area contributed by atoms with Gasteiger partial charge in [0.05, 0.1) is 25.3 Å². The molecule has 1 atom stereocenters. The smallest absolute Gasteiger partial charge is 0.338 e. The molecule has 0 bridgehead atoms. The van der Waals surface area contributed by atoms with E-state index in [4.69, 9.17) is 4.74 Å². The van der Waals surface area contributed by atoms with Crippen LogP contribution in [0.15, 0.2) is 79.0 Å². The van der Waals surface area contributed by atoms with Gasteiger partial charge in [0, 0.05) is 22.7 Å². The van der Waals surface area contributed by atoms with Gasteiger partial charge in [0.1, 0.15) is 0 Å². The average Bonchev–Trinajstić information content (AvgIpc) is 3.26. The standard InChI is InChI=1S/C26H24N2O4/c1-32-26(31)23-11-3-2-9-21(23)17-7-6-8-18(13-17)25(30)28-20(16-29)14-19-15-27-24-12-5-4-10-22(19)24/h2-13,15,20,27,29H,14,16H2,1H3,(H,28,30). The van der Waals surface area contributed by atoms with Gasteiger partial charge in [0.25, 0.3) is 5.91 Å². The zero-order valence-electron chi connectivity index (χ0n) is 17.7. The first kappa shape index (κ1) is 21.3. The van der Waals surface area contributed by atoms with E-state index in [0.29, 0.717) is 23.1 Å². The summed E-state index contributed by atoms with van der Waals surface area (Å²) >= 11 is 0. The Bertz CT molecular complexity index is 1260. The van der Waals surface area contributed by atoms with Gasteiger partial charge in [0.2, 0.25) is 0 Å². The minimum atomic E-state index is -0.437.